The molecule has 0 amide bonds. The average molecular weight is 493 g/mol. The van der Waals surface area contributed by atoms with Crippen LogP contribution in [-0.4, -0.2) is 23.5 Å². The Morgan fingerprint density at radius 2 is 1.50 bits per heavy atom. The smallest absolute Gasteiger partial charge is 0.317 e. The first-order valence-corrected chi connectivity index (χ1v) is 15.2. The van der Waals surface area contributed by atoms with E-state index in [9.17, 15) is 14.4 Å². The second kappa shape index (κ2) is 6.42. The number of hydrogen-bond acceptors (Lipinski definition) is 5. The van der Waals surface area contributed by atoms with Crippen molar-refractivity contribution in [1.29, 1.82) is 0 Å². The Kier molecular flexibility index (Phi) is 3.84. The number of ether oxygens (including phenoxy) is 2. The molecule has 9 aliphatic rings. The molecule has 1 spiro atoms. The molecule has 8 aliphatic carbocycles. The Morgan fingerprint density at radius 1 is 0.833 bits per heavy atom. The minimum absolute atomic E-state index is 0.0286. The van der Waals surface area contributed by atoms with Gasteiger partial charge >= 0.3 is 17.9 Å². The highest BCUT2D eigenvalue weighted by atomic mass is 16.6. The lowest BCUT2D eigenvalue weighted by atomic mass is 9.56. The minimum atomic E-state index is -0.272. The van der Waals surface area contributed by atoms with E-state index < -0.39 is 0 Å². The van der Waals surface area contributed by atoms with E-state index in [2.05, 4.69) is 20.8 Å². The van der Waals surface area contributed by atoms with E-state index in [1.807, 2.05) is 0 Å². The highest BCUT2D eigenvalue weighted by molar-refractivity contribution is 5.97. The maximum absolute atomic E-state index is 13.9. The van der Waals surface area contributed by atoms with E-state index in [0.29, 0.717) is 40.9 Å². The first kappa shape index (κ1) is 21.5. The molecular weight excluding hydrogens is 452 g/mol. The van der Waals surface area contributed by atoms with Crippen LogP contribution >= 0.6 is 0 Å². The molecule has 0 aromatic carbocycles. The molecule has 36 heavy (non-hydrogen) atoms. The fourth-order valence-electron chi connectivity index (χ4n) is 13.8. The molecule has 194 valence electrons. The van der Waals surface area contributed by atoms with Crippen molar-refractivity contribution in [2.75, 3.05) is 0 Å². The van der Waals surface area contributed by atoms with Crippen LogP contribution in [-0.2, 0) is 23.9 Å². The summed E-state index contributed by atoms with van der Waals surface area (Å²) in [6.45, 7) is 6.98. The van der Waals surface area contributed by atoms with Crippen LogP contribution in [0, 0.1) is 94.2 Å². The highest BCUT2D eigenvalue weighted by Crippen LogP contribution is 2.85. The van der Waals surface area contributed by atoms with Gasteiger partial charge in [0, 0.05) is 5.41 Å². The van der Waals surface area contributed by atoms with Crippen molar-refractivity contribution in [3.05, 3.63) is 0 Å². The molecule has 4 bridgehead atoms. The van der Waals surface area contributed by atoms with Crippen LogP contribution in [0.1, 0.15) is 72.1 Å². The van der Waals surface area contributed by atoms with E-state index in [1.54, 1.807) is 0 Å². The summed E-state index contributed by atoms with van der Waals surface area (Å²) in [5, 5.41) is 0. The van der Waals surface area contributed by atoms with Crippen molar-refractivity contribution in [1.82, 2.24) is 0 Å². The van der Waals surface area contributed by atoms with E-state index in [4.69, 9.17) is 9.47 Å². The largest absolute Gasteiger partial charge is 0.459 e. The number of rotatable bonds is 3. The van der Waals surface area contributed by atoms with E-state index in [0.717, 1.165) is 49.4 Å². The maximum Gasteiger partial charge on any atom is 0.317 e. The van der Waals surface area contributed by atoms with Gasteiger partial charge in [-0.15, -0.1) is 0 Å². The summed E-state index contributed by atoms with van der Waals surface area (Å²) < 4.78 is 11.7. The first-order valence-electron chi connectivity index (χ1n) is 15.2. The molecule has 17 unspecified atom stereocenters. The zero-order valence-corrected chi connectivity index (χ0v) is 21.9. The van der Waals surface area contributed by atoms with Gasteiger partial charge in [0.1, 0.15) is 5.60 Å². The maximum atomic E-state index is 13.9. The third kappa shape index (κ3) is 2.17. The van der Waals surface area contributed by atoms with Gasteiger partial charge in [0.2, 0.25) is 0 Å². The molecule has 8 saturated carbocycles. The molecule has 1 aliphatic heterocycles. The second-order valence-corrected chi connectivity index (χ2v) is 15.3. The average Bonchev–Trinajstić information content (AvgIpc) is 3.45. The molecule has 1 heterocycles. The number of esters is 3. The molecule has 0 aromatic heterocycles. The van der Waals surface area contributed by atoms with Crippen molar-refractivity contribution in [3.63, 3.8) is 0 Å². The molecule has 1 saturated heterocycles. The SMILES string of the molecule is CC1C2CC(C(=O)OC3(C)CC4C5CCCC5C5CC453)C(C2)C1C1C(C)C2CC1C1C(=O)OC(=O)C21. The molecule has 9 rings (SSSR count). The standard InChI is InChI=1S/C31H40O5/c1-12-14-7-18(23(12)24-13(2)17-9-20(24)26-25(17)28(33)35-29(26)34)19(8-14)27(32)36-30(3)10-21-15-5-4-6-16(15)22-11-31(21,22)30/h12-26H,4-11H2,1-3H3. The van der Waals surface area contributed by atoms with E-state index in [1.165, 1.54) is 25.7 Å². The van der Waals surface area contributed by atoms with Crippen LogP contribution in [0.3, 0.4) is 0 Å². The van der Waals surface area contributed by atoms with E-state index >= 15 is 0 Å². The van der Waals surface area contributed by atoms with Crippen molar-refractivity contribution in [2.45, 2.75) is 77.7 Å². The predicted molar refractivity (Wildman–Crippen MR) is 129 cm³/mol. The van der Waals surface area contributed by atoms with E-state index in [-0.39, 0.29) is 53.1 Å². The molecule has 0 aromatic rings. The van der Waals surface area contributed by atoms with Gasteiger partial charge in [0.05, 0.1) is 17.8 Å². The zero-order valence-electron chi connectivity index (χ0n) is 21.9. The summed E-state index contributed by atoms with van der Waals surface area (Å²) in [7, 11) is 0. The number of carbonyl (C=O) groups excluding carboxylic acids is 3. The Labute approximate surface area is 213 Å². The monoisotopic (exact) mass is 492 g/mol. The molecular formula is C31H40O5. The minimum Gasteiger partial charge on any atom is -0.459 e. The molecule has 9 fully saturated rings. The van der Waals surface area contributed by atoms with Crippen molar-refractivity contribution < 1.29 is 23.9 Å². The van der Waals surface area contributed by atoms with Crippen LogP contribution in [0.15, 0.2) is 0 Å². The van der Waals surface area contributed by atoms with Crippen LogP contribution in [0.4, 0.5) is 0 Å². The van der Waals surface area contributed by atoms with Crippen molar-refractivity contribution >= 4 is 17.9 Å². The summed E-state index contributed by atoms with van der Waals surface area (Å²) >= 11 is 0. The van der Waals surface area contributed by atoms with Crippen LogP contribution < -0.4 is 0 Å². The third-order valence-corrected chi connectivity index (χ3v) is 14.9. The lowest BCUT2D eigenvalue weighted by Crippen LogP contribution is -2.58. The molecule has 0 radical (unpaired) electrons. The Bertz CT molecular complexity index is 1090. The van der Waals surface area contributed by atoms with Crippen molar-refractivity contribution in [2.24, 2.45) is 94.2 Å². The van der Waals surface area contributed by atoms with Crippen LogP contribution in [0.5, 0.6) is 0 Å². The molecule has 5 nitrogen and oxygen atoms in total. The Morgan fingerprint density at radius 3 is 2.22 bits per heavy atom. The number of cyclic esters (lactones) is 2. The van der Waals surface area contributed by atoms with Gasteiger partial charge in [-0.1, -0.05) is 20.3 Å². The number of carbonyl (C=O) groups is 3. The topological polar surface area (TPSA) is 69.7 Å². The molecule has 5 heteroatoms. The number of hydrogen-bond donors (Lipinski definition) is 0. The summed E-state index contributed by atoms with van der Waals surface area (Å²) in [6.07, 6.45) is 9.75. The summed E-state index contributed by atoms with van der Waals surface area (Å²) in [5.74, 6) is 6.05. The number of fused-ring (bicyclic) bond motifs is 10. The zero-order chi connectivity index (χ0) is 24.5. The molecule has 0 N–H and O–H groups in total. The van der Waals surface area contributed by atoms with Crippen LogP contribution in [0.25, 0.3) is 0 Å². The van der Waals surface area contributed by atoms with Gasteiger partial charge in [0.15, 0.2) is 0 Å². The molecule has 17 atom stereocenters. The summed E-state index contributed by atoms with van der Waals surface area (Å²) in [5.41, 5.74) is 0.0971. The van der Waals surface area contributed by atoms with Crippen LogP contribution in [0.2, 0.25) is 0 Å². The first-order chi connectivity index (χ1) is 17.2. The lowest BCUT2D eigenvalue weighted by Gasteiger charge is -2.54. The third-order valence-electron chi connectivity index (χ3n) is 14.9. The lowest BCUT2D eigenvalue weighted by molar-refractivity contribution is -0.208. The van der Waals surface area contributed by atoms with Gasteiger partial charge in [-0.3, -0.25) is 14.4 Å². The second-order valence-electron chi connectivity index (χ2n) is 15.3. The fraction of sp³-hybridized carbons (Fsp3) is 0.903. The van der Waals surface area contributed by atoms with Gasteiger partial charge < -0.3 is 9.47 Å². The predicted octanol–water partition coefficient (Wildman–Crippen LogP) is 4.87. The van der Waals surface area contributed by atoms with Gasteiger partial charge in [-0.05, 0) is 123 Å². The van der Waals surface area contributed by atoms with Crippen molar-refractivity contribution in [3.8, 4) is 0 Å². The van der Waals surface area contributed by atoms with Gasteiger partial charge in [-0.25, -0.2) is 0 Å². The Balaban J connectivity index is 0.960. The highest BCUT2D eigenvalue weighted by Gasteiger charge is 2.84. The quantitative estimate of drug-likeness (QED) is 0.415. The van der Waals surface area contributed by atoms with Gasteiger partial charge in [-0.2, -0.15) is 0 Å². The normalized spacial score (nSPS) is 64.6. The summed E-state index contributed by atoms with van der Waals surface area (Å²) in [4.78, 5) is 38.9. The summed E-state index contributed by atoms with van der Waals surface area (Å²) in [6, 6.07) is 0. The van der Waals surface area contributed by atoms with Gasteiger partial charge in [0.25, 0.3) is 0 Å². The Hall–Kier alpha value is -1.39. The fourth-order valence-corrected chi connectivity index (χ4v) is 13.8.